The van der Waals surface area contributed by atoms with E-state index in [9.17, 15) is 26.3 Å². The lowest BCUT2D eigenvalue weighted by atomic mass is 9.67. The highest BCUT2D eigenvalue weighted by Gasteiger charge is 2.47. The molecule has 1 N–H and O–H groups in total. The van der Waals surface area contributed by atoms with E-state index in [1.165, 1.54) is 6.92 Å². The minimum atomic E-state index is -4.88. The molecule has 1 saturated carbocycles. The van der Waals surface area contributed by atoms with Crippen molar-refractivity contribution in [2.45, 2.75) is 63.2 Å². The molecule has 0 unspecified atom stereocenters. The third kappa shape index (κ3) is 5.06. The molecular weight excluding hydrogens is 444 g/mol. The second-order valence-corrected chi connectivity index (χ2v) is 9.20. The molecule has 0 bridgehead atoms. The molecule has 2 fully saturated rings. The minimum Gasteiger partial charge on any atom is -0.370 e. The molecule has 2 aliphatic rings. The highest BCUT2D eigenvalue weighted by Crippen LogP contribution is 2.48. The van der Waals surface area contributed by atoms with E-state index in [0.717, 1.165) is 30.7 Å². The van der Waals surface area contributed by atoms with Gasteiger partial charge in [-0.15, -0.1) is 0 Å². The van der Waals surface area contributed by atoms with Crippen molar-refractivity contribution in [2.24, 2.45) is 11.8 Å². The lowest BCUT2D eigenvalue weighted by molar-refractivity contribution is -0.143. The van der Waals surface area contributed by atoms with Crippen LogP contribution in [0, 0.1) is 11.8 Å². The number of hydrogen-bond acceptors (Lipinski definition) is 2. The molecular formula is C25H27F6NO. The molecule has 180 valence electrons. The summed E-state index contributed by atoms with van der Waals surface area (Å²) in [5, 5.41) is 3.51. The van der Waals surface area contributed by atoms with Gasteiger partial charge in [-0.1, -0.05) is 30.3 Å². The van der Waals surface area contributed by atoms with Crippen molar-refractivity contribution in [2.75, 3.05) is 6.54 Å². The average Bonchev–Trinajstić information content (AvgIpc) is 3.13. The van der Waals surface area contributed by atoms with E-state index < -0.39 is 29.6 Å². The van der Waals surface area contributed by atoms with Crippen LogP contribution in [0.15, 0.2) is 48.5 Å². The van der Waals surface area contributed by atoms with Crippen molar-refractivity contribution in [3.05, 3.63) is 70.8 Å². The maximum atomic E-state index is 13.3. The third-order valence-corrected chi connectivity index (χ3v) is 7.10. The van der Waals surface area contributed by atoms with Crippen LogP contribution in [0.5, 0.6) is 0 Å². The molecule has 6 atom stereocenters. The van der Waals surface area contributed by atoms with Gasteiger partial charge in [0.15, 0.2) is 0 Å². The van der Waals surface area contributed by atoms with E-state index in [1.54, 1.807) is 0 Å². The fraction of sp³-hybridized carbons (Fsp3) is 0.520. The highest BCUT2D eigenvalue weighted by atomic mass is 19.4. The summed E-state index contributed by atoms with van der Waals surface area (Å²) in [4.78, 5) is 0. The standard InChI is InChI=1S/C25H27F6NO/c1-14-22-17(13-32-14)8-9-21(23(22)16-6-4-3-5-7-16)33-15(2)18-10-19(24(26,27)28)12-20(11-18)25(29,30)31/h3-7,10-12,14-15,17,21-23,32H,8-9,13H2,1-2H3/t14-,15+,17+,21-,22+,23+/m0/s1. The van der Waals surface area contributed by atoms with Crippen molar-refractivity contribution in [1.29, 1.82) is 0 Å². The Morgan fingerprint density at radius 3 is 2.09 bits per heavy atom. The van der Waals surface area contributed by atoms with Crippen LogP contribution in [-0.4, -0.2) is 18.7 Å². The van der Waals surface area contributed by atoms with Crippen LogP contribution in [0.3, 0.4) is 0 Å². The predicted molar refractivity (Wildman–Crippen MR) is 113 cm³/mol. The second-order valence-electron chi connectivity index (χ2n) is 9.20. The van der Waals surface area contributed by atoms with Crippen LogP contribution in [0.1, 0.15) is 61.0 Å². The summed E-state index contributed by atoms with van der Waals surface area (Å²) in [7, 11) is 0. The van der Waals surface area contributed by atoms with Gasteiger partial charge < -0.3 is 10.1 Å². The summed E-state index contributed by atoms with van der Waals surface area (Å²) in [6.07, 6.45) is -9.40. The first-order valence-corrected chi connectivity index (χ1v) is 11.2. The summed E-state index contributed by atoms with van der Waals surface area (Å²) in [5.74, 6) is 0.752. The Balaban J connectivity index is 1.66. The van der Waals surface area contributed by atoms with Gasteiger partial charge in [0, 0.05) is 12.0 Å². The Labute approximate surface area is 189 Å². The third-order valence-electron chi connectivity index (χ3n) is 7.10. The summed E-state index contributed by atoms with van der Waals surface area (Å²) in [6, 6.07) is 11.8. The number of halogens is 6. The summed E-state index contributed by atoms with van der Waals surface area (Å²) < 4.78 is 86.2. The molecule has 0 amide bonds. The molecule has 33 heavy (non-hydrogen) atoms. The fourth-order valence-corrected chi connectivity index (χ4v) is 5.54. The summed E-state index contributed by atoms with van der Waals surface area (Å²) in [6.45, 7) is 4.55. The zero-order valence-corrected chi connectivity index (χ0v) is 18.4. The van der Waals surface area contributed by atoms with E-state index in [0.29, 0.717) is 12.3 Å². The number of ether oxygens (including phenoxy) is 1. The van der Waals surface area contributed by atoms with Crippen LogP contribution >= 0.6 is 0 Å². The van der Waals surface area contributed by atoms with Gasteiger partial charge in [0.1, 0.15) is 0 Å². The topological polar surface area (TPSA) is 21.3 Å². The van der Waals surface area contributed by atoms with Crippen molar-refractivity contribution in [3.63, 3.8) is 0 Å². The van der Waals surface area contributed by atoms with Gasteiger partial charge >= 0.3 is 12.4 Å². The Morgan fingerprint density at radius 1 is 0.909 bits per heavy atom. The van der Waals surface area contributed by atoms with Crippen molar-refractivity contribution in [3.8, 4) is 0 Å². The number of fused-ring (bicyclic) bond motifs is 1. The van der Waals surface area contributed by atoms with Crippen LogP contribution in [-0.2, 0) is 17.1 Å². The molecule has 8 heteroatoms. The quantitative estimate of drug-likeness (QED) is 0.486. The van der Waals surface area contributed by atoms with Gasteiger partial charge in [-0.05, 0) is 74.4 Å². The van der Waals surface area contributed by atoms with Gasteiger partial charge in [-0.3, -0.25) is 0 Å². The first-order chi connectivity index (χ1) is 15.4. The summed E-state index contributed by atoms with van der Waals surface area (Å²) >= 11 is 0. The fourth-order valence-electron chi connectivity index (χ4n) is 5.54. The second kappa shape index (κ2) is 8.95. The number of rotatable bonds is 4. The van der Waals surface area contributed by atoms with Crippen LogP contribution in [0.2, 0.25) is 0 Å². The first-order valence-electron chi connectivity index (χ1n) is 11.2. The van der Waals surface area contributed by atoms with Crippen LogP contribution in [0.25, 0.3) is 0 Å². The van der Waals surface area contributed by atoms with Gasteiger partial charge in [0.05, 0.1) is 23.3 Å². The normalized spacial score (nSPS) is 29.0. The zero-order valence-electron chi connectivity index (χ0n) is 18.4. The molecule has 2 nitrogen and oxygen atoms in total. The first kappa shape index (κ1) is 24.1. The molecule has 0 radical (unpaired) electrons. The van der Waals surface area contributed by atoms with Crippen LogP contribution in [0.4, 0.5) is 26.3 Å². The Kier molecular flexibility index (Phi) is 6.53. The van der Waals surface area contributed by atoms with E-state index >= 15 is 0 Å². The molecule has 4 rings (SSSR count). The van der Waals surface area contributed by atoms with Gasteiger partial charge in [0.2, 0.25) is 0 Å². The number of hydrogen-bond donors (Lipinski definition) is 1. The zero-order chi connectivity index (χ0) is 24.0. The Hall–Kier alpha value is -2.06. The average molecular weight is 471 g/mol. The van der Waals surface area contributed by atoms with Crippen molar-refractivity contribution < 1.29 is 31.1 Å². The summed E-state index contributed by atoms with van der Waals surface area (Å²) in [5.41, 5.74) is -1.68. The van der Waals surface area contributed by atoms with Crippen LogP contribution < -0.4 is 5.32 Å². The number of benzene rings is 2. The molecule has 1 saturated heterocycles. The maximum Gasteiger partial charge on any atom is 0.416 e. The lowest BCUT2D eigenvalue weighted by Gasteiger charge is -2.42. The highest BCUT2D eigenvalue weighted by molar-refractivity contribution is 5.35. The number of nitrogens with one attached hydrogen (secondary N) is 1. The van der Waals surface area contributed by atoms with E-state index in [4.69, 9.17) is 4.74 Å². The van der Waals surface area contributed by atoms with Gasteiger partial charge in [-0.2, -0.15) is 26.3 Å². The maximum absolute atomic E-state index is 13.3. The van der Waals surface area contributed by atoms with Gasteiger partial charge in [0.25, 0.3) is 0 Å². The molecule has 2 aromatic carbocycles. The van der Waals surface area contributed by atoms with Crippen molar-refractivity contribution >= 4 is 0 Å². The number of alkyl halides is 6. The van der Waals surface area contributed by atoms with E-state index in [2.05, 4.69) is 12.2 Å². The monoisotopic (exact) mass is 471 g/mol. The molecule has 1 heterocycles. The van der Waals surface area contributed by atoms with E-state index in [1.807, 2.05) is 30.3 Å². The molecule has 0 spiro atoms. The smallest absolute Gasteiger partial charge is 0.370 e. The Morgan fingerprint density at radius 2 is 1.52 bits per heavy atom. The van der Waals surface area contributed by atoms with Crippen molar-refractivity contribution in [1.82, 2.24) is 5.32 Å². The molecule has 2 aromatic rings. The SMILES string of the molecule is C[C@@H]1NC[C@H]2CC[C@H](O[C@H](C)c3cc(C(F)(F)F)cc(C(F)(F)F)c3)[C@@H](c3ccccc3)[C@@H]21. The van der Waals surface area contributed by atoms with E-state index in [-0.39, 0.29) is 35.6 Å². The molecule has 1 aliphatic heterocycles. The predicted octanol–water partition coefficient (Wildman–Crippen LogP) is 6.97. The molecule has 1 aliphatic carbocycles. The van der Waals surface area contributed by atoms with Gasteiger partial charge in [-0.25, -0.2) is 0 Å². The lowest BCUT2D eigenvalue weighted by Crippen LogP contribution is -2.40. The molecule has 0 aromatic heterocycles. The Bertz CT molecular complexity index is 925. The largest absolute Gasteiger partial charge is 0.416 e. The minimum absolute atomic E-state index is 0.00489.